The molecule has 0 unspecified atom stereocenters. The summed E-state index contributed by atoms with van der Waals surface area (Å²) >= 11 is 0. The molecule has 0 saturated carbocycles. The fourth-order valence-corrected chi connectivity index (χ4v) is 5.58. The van der Waals surface area contributed by atoms with Crippen molar-refractivity contribution in [2.45, 2.75) is 18.8 Å². The van der Waals surface area contributed by atoms with E-state index in [2.05, 4.69) is 20.0 Å². The van der Waals surface area contributed by atoms with Crippen LogP contribution in [0.3, 0.4) is 0 Å². The standard InChI is InChI=1S/C27H30FN9O5/c1-33-22-24(31-26(29)37-25(22)30-23(32-37)20-3-2-12-41-20)36(27(33)39)11-8-34-6-9-35(10-7-34)18-5-4-16(13-17(18)28)42-21-15-40-14-19(21)38/h2-5,12-13,19,21,38H,6-11,14-15H2,1H3,(H2,29,31)/t19-,21-/m0/s1. The number of imidazole rings is 1. The second kappa shape index (κ2) is 10.4. The number of aliphatic hydroxyl groups excluding tert-OH is 1. The molecule has 0 aliphatic carbocycles. The number of aromatic nitrogens is 6. The molecule has 4 aromatic heterocycles. The molecule has 42 heavy (non-hydrogen) atoms. The van der Waals surface area contributed by atoms with Crippen LogP contribution in [-0.4, -0.2) is 96.9 Å². The quantitative estimate of drug-likeness (QED) is 0.280. The van der Waals surface area contributed by atoms with Crippen LogP contribution in [0.15, 0.2) is 45.8 Å². The van der Waals surface area contributed by atoms with E-state index in [0.717, 1.165) is 0 Å². The number of nitrogens with two attached hydrogens (primary N) is 1. The summed E-state index contributed by atoms with van der Waals surface area (Å²) in [6.07, 6.45) is 0.315. The first kappa shape index (κ1) is 26.4. The second-order valence-electron chi connectivity index (χ2n) is 10.5. The van der Waals surface area contributed by atoms with Gasteiger partial charge in [-0.25, -0.2) is 14.2 Å². The van der Waals surface area contributed by atoms with Crippen molar-refractivity contribution in [3.05, 3.63) is 52.9 Å². The first-order chi connectivity index (χ1) is 20.4. The van der Waals surface area contributed by atoms with Gasteiger partial charge in [-0.15, -0.1) is 5.10 Å². The van der Waals surface area contributed by atoms with Gasteiger partial charge in [0.05, 0.1) is 25.2 Å². The number of benzene rings is 1. The fraction of sp³-hybridized carbons (Fsp3) is 0.407. The molecule has 2 aliphatic rings. The van der Waals surface area contributed by atoms with Crippen LogP contribution in [0.25, 0.3) is 28.4 Å². The monoisotopic (exact) mass is 579 g/mol. The number of hydrogen-bond donors (Lipinski definition) is 2. The number of halogens is 1. The van der Waals surface area contributed by atoms with Crippen molar-refractivity contribution in [2.75, 3.05) is 56.6 Å². The number of piperazine rings is 1. The van der Waals surface area contributed by atoms with E-state index >= 15 is 0 Å². The number of aryl methyl sites for hydroxylation is 1. The highest BCUT2D eigenvalue weighted by Gasteiger charge is 2.29. The molecule has 2 aliphatic heterocycles. The summed E-state index contributed by atoms with van der Waals surface area (Å²) in [7, 11) is 1.67. The van der Waals surface area contributed by atoms with Gasteiger partial charge in [-0.05, 0) is 24.3 Å². The summed E-state index contributed by atoms with van der Waals surface area (Å²) in [5, 5.41) is 14.3. The summed E-state index contributed by atoms with van der Waals surface area (Å²) < 4.78 is 35.8. The lowest BCUT2D eigenvalue weighted by molar-refractivity contribution is 0.0731. The smallest absolute Gasteiger partial charge is 0.330 e. The molecule has 0 amide bonds. The molecule has 5 aromatic rings. The van der Waals surface area contributed by atoms with Crippen LogP contribution in [0.5, 0.6) is 5.75 Å². The Bertz CT molecular complexity index is 1810. The molecule has 1 aromatic carbocycles. The third kappa shape index (κ3) is 4.55. The van der Waals surface area contributed by atoms with Gasteiger partial charge in [0.25, 0.3) is 0 Å². The van der Waals surface area contributed by atoms with E-state index in [-0.39, 0.29) is 30.7 Å². The highest BCUT2D eigenvalue weighted by molar-refractivity contribution is 5.88. The molecule has 15 heteroatoms. The highest BCUT2D eigenvalue weighted by Crippen LogP contribution is 2.27. The topological polar surface area (TPSA) is 154 Å². The molecular formula is C27H30FN9O5. The minimum Gasteiger partial charge on any atom is -0.485 e. The molecule has 14 nitrogen and oxygen atoms in total. The van der Waals surface area contributed by atoms with Gasteiger partial charge in [0.2, 0.25) is 11.8 Å². The van der Waals surface area contributed by atoms with E-state index in [9.17, 15) is 14.3 Å². The third-order valence-corrected chi connectivity index (χ3v) is 7.88. The maximum absolute atomic E-state index is 15.0. The number of furan rings is 1. The van der Waals surface area contributed by atoms with Crippen LogP contribution in [-0.2, 0) is 18.3 Å². The summed E-state index contributed by atoms with van der Waals surface area (Å²) in [6.45, 7) is 4.13. The lowest BCUT2D eigenvalue weighted by Crippen LogP contribution is -2.47. The first-order valence-electron chi connectivity index (χ1n) is 13.7. The van der Waals surface area contributed by atoms with Gasteiger partial charge in [0.15, 0.2) is 17.1 Å². The van der Waals surface area contributed by atoms with Gasteiger partial charge >= 0.3 is 5.69 Å². The zero-order valence-electron chi connectivity index (χ0n) is 22.9. The van der Waals surface area contributed by atoms with Crippen molar-refractivity contribution in [3.63, 3.8) is 0 Å². The maximum atomic E-state index is 15.0. The Morgan fingerprint density at radius 2 is 1.95 bits per heavy atom. The predicted molar refractivity (Wildman–Crippen MR) is 150 cm³/mol. The molecule has 2 fully saturated rings. The average molecular weight is 580 g/mol. The summed E-state index contributed by atoms with van der Waals surface area (Å²) in [5.41, 5.74) is 7.87. The number of hydrogen-bond acceptors (Lipinski definition) is 11. The van der Waals surface area contributed by atoms with Crippen LogP contribution < -0.4 is 21.1 Å². The normalized spacial score (nSPS) is 19.8. The number of rotatable bonds is 7. The number of anilines is 2. The zero-order valence-corrected chi connectivity index (χ0v) is 22.9. The molecule has 220 valence electrons. The molecule has 0 bridgehead atoms. The lowest BCUT2D eigenvalue weighted by atomic mass is 10.2. The maximum Gasteiger partial charge on any atom is 0.330 e. The largest absolute Gasteiger partial charge is 0.485 e. The fourth-order valence-electron chi connectivity index (χ4n) is 5.58. The number of aliphatic hydroxyl groups is 1. The minimum absolute atomic E-state index is 0.113. The number of fused-ring (bicyclic) bond motifs is 3. The number of ether oxygens (including phenoxy) is 2. The Morgan fingerprint density at radius 3 is 2.67 bits per heavy atom. The second-order valence-corrected chi connectivity index (χ2v) is 10.5. The van der Waals surface area contributed by atoms with Crippen LogP contribution in [0.2, 0.25) is 0 Å². The molecule has 0 spiro atoms. The molecule has 0 radical (unpaired) electrons. The Morgan fingerprint density at radius 1 is 1.12 bits per heavy atom. The van der Waals surface area contributed by atoms with E-state index < -0.39 is 12.2 Å². The van der Waals surface area contributed by atoms with Crippen molar-refractivity contribution in [1.82, 2.24) is 33.6 Å². The summed E-state index contributed by atoms with van der Waals surface area (Å²) in [6, 6.07) is 8.26. The summed E-state index contributed by atoms with van der Waals surface area (Å²) in [4.78, 5) is 26.6. The zero-order chi connectivity index (χ0) is 29.0. The number of nitrogen functional groups attached to an aromatic ring is 1. The molecule has 3 N–H and O–H groups in total. The van der Waals surface area contributed by atoms with E-state index in [1.165, 1.54) is 21.4 Å². The Hall–Kier alpha value is -4.47. The molecule has 2 saturated heterocycles. The van der Waals surface area contributed by atoms with Crippen molar-refractivity contribution in [3.8, 4) is 17.3 Å². The van der Waals surface area contributed by atoms with Gasteiger partial charge in [0.1, 0.15) is 29.3 Å². The number of nitrogens with zero attached hydrogens (tertiary/aromatic N) is 8. The SMILES string of the molecule is Cn1c(=O)n(CCN2CCN(c3ccc(O[C@H]4COC[C@@H]4O)cc3F)CC2)c2nc(N)n3nc(-c4ccco4)nc3c21. The average Bonchev–Trinajstić information content (AvgIpc) is 3.78. The van der Waals surface area contributed by atoms with Gasteiger partial charge in [0, 0.05) is 52.4 Å². The van der Waals surface area contributed by atoms with Crippen molar-refractivity contribution < 1.29 is 23.4 Å². The highest BCUT2D eigenvalue weighted by atomic mass is 19.1. The van der Waals surface area contributed by atoms with Crippen LogP contribution in [0.1, 0.15) is 0 Å². The third-order valence-electron chi connectivity index (χ3n) is 7.88. The van der Waals surface area contributed by atoms with Crippen molar-refractivity contribution in [2.24, 2.45) is 7.05 Å². The van der Waals surface area contributed by atoms with Gasteiger partial charge in [-0.1, -0.05) is 0 Å². The van der Waals surface area contributed by atoms with Crippen LogP contribution >= 0.6 is 0 Å². The molecule has 7 rings (SSSR count). The van der Waals surface area contributed by atoms with Crippen LogP contribution in [0, 0.1) is 5.82 Å². The summed E-state index contributed by atoms with van der Waals surface area (Å²) in [5.74, 6) is 0.926. The Labute approximate surface area is 238 Å². The first-order valence-corrected chi connectivity index (χ1v) is 13.7. The van der Waals surface area contributed by atoms with Crippen LogP contribution in [0.4, 0.5) is 16.0 Å². The predicted octanol–water partition coefficient (Wildman–Crippen LogP) is 0.720. The molecule has 2 atom stereocenters. The van der Waals surface area contributed by atoms with Gasteiger partial charge in [-0.3, -0.25) is 14.0 Å². The van der Waals surface area contributed by atoms with E-state index in [0.29, 0.717) is 79.1 Å². The van der Waals surface area contributed by atoms with Gasteiger partial charge < -0.3 is 29.6 Å². The Balaban J connectivity index is 1.04. The van der Waals surface area contributed by atoms with Gasteiger partial charge in [-0.2, -0.15) is 9.50 Å². The molecule has 6 heterocycles. The van der Waals surface area contributed by atoms with Crippen molar-refractivity contribution >= 4 is 28.4 Å². The van der Waals surface area contributed by atoms with E-state index in [1.807, 2.05) is 4.90 Å². The Kier molecular flexibility index (Phi) is 6.56. The molecular weight excluding hydrogens is 549 g/mol. The van der Waals surface area contributed by atoms with Crippen molar-refractivity contribution in [1.29, 1.82) is 0 Å². The van der Waals surface area contributed by atoms with E-state index in [1.54, 1.807) is 35.9 Å². The minimum atomic E-state index is -0.720. The van der Waals surface area contributed by atoms with E-state index in [4.69, 9.17) is 19.6 Å². The lowest BCUT2D eigenvalue weighted by Gasteiger charge is -2.36.